The van der Waals surface area contributed by atoms with Crippen LogP contribution >= 0.6 is 0 Å². The lowest BCUT2D eigenvalue weighted by Crippen LogP contribution is -2.50. The predicted octanol–water partition coefficient (Wildman–Crippen LogP) is 5.49. The van der Waals surface area contributed by atoms with Crippen molar-refractivity contribution in [3.05, 3.63) is 89.7 Å². The maximum Gasteiger partial charge on any atom is 0.251 e. The summed E-state index contributed by atoms with van der Waals surface area (Å²) in [5.74, 6) is -0.187. The van der Waals surface area contributed by atoms with Crippen LogP contribution in [0, 0.1) is 11.7 Å². The highest BCUT2D eigenvalue weighted by Gasteiger charge is 2.27. The average molecular weight is 548 g/mol. The number of carbonyl (C=O) groups excluding carboxylic acids is 2. The molecule has 2 amide bonds. The van der Waals surface area contributed by atoms with Crippen LogP contribution in [0.4, 0.5) is 10.1 Å². The Morgan fingerprint density at radius 1 is 0.975 bits per heavy atom. The van der Waals surface area contributed by atoms with E-state index < -0.39 is 18.0 Å². The Labute approximate surface area is 235 Å². The Morgan fingerprint density at radius 2 is 1.65 bits per heavy atom. The smallest absolute Gasteiger partial charge is 0.251 e. The van der Waals surface area contributed by atoms with Crippen molar-refractivity contribution in [2.24, 2.45) is 11.7 Å². The van der Waals surface area contributed by atoms with Gasteiger partial charge in [-0.3, -0.25) is 9.59 Å². The molecule has 4 N–H and O–H groups in total. The number of anilines is 1. The molecule has 0 aliphatic heterocycles. The number of rotatable bonds is 13. The summed E-state index contributed by atoms with van der Waals surface area (Å²) < 4.78 is 25.1. The van der Waals surface area contributed by atoms with E-state index in [-0.39, 0.29) is 29.8 Å². The van der Waals surface area contributed by atoms with E-state index in [0.29, 0.717) is 35.6 Å². The highest BCUT2D eigenvalue weighted by Crippen LogP contribution is 2.31. The molecular weight excluding hydrogens is 509 g/mol. The number of carbonyl (C=O) groups is 2. The van der Waals surface area contributed by atoms with Gasteiger partial charge >= 0.3 is 0 Å². The van der Waals surface area contributed by atoms with E-state index in [0.717, 1.165) is 18.4 Å². The SMILES string of the molecule is CC(C)Oc1cc(OC2CC2)cc(C(=O)N[C@@H](Cc2ccccc2)[C@@H](N)C[C@@H](C)C(=O)Nc2ccc(F)cc2)c1. The maximum absolute atomic E-state index is 13.5. The summed E-state index contributed by atoms with van der Waals surface area (Å²) in [5.41, 5.74) is 8.59. The van der Waals surface area contributed by atoms with Crippen molar-refractivity contribution in [1.29, 1.82) is 0 Å². The first-order valence-corrected chi connectivity index (χ1v) is 13.8. The monoisotopic (exact) mass is 547 g/mol. The molecule has 0 unspecified atom stereocenters. The van der Waals surface area contributed by atoms with Crippen molar-refractivity contribution in [1.82, 2.24) is 5.32 Å². The average Bonchev–Trinajstić information content (AvgIpc) is 3.73. The van der Waals surface area contributed by atoms with Gasteiger partial charge in [-0.05, 0) is 81.5 Å². The van der Waals surface area contributed by atoms with Crippen molar-refractivity contribution in [3.8, 4) is 11.5 Å². The number of nitrogens with one attached hydrogen (secondary N) is 2. The molecular formula is C32H38FN3O4. The highest BCUT2D eigenvalue weighted by atomic mass is 19.1. The molecule has 7 nitrogen and oxygen atoms in total. The first-order chi connectivity index (χ1) is 19.2. The van der Waals surface area contributed by atoms with Crippen molar-refractivity contribution in [3.63, 3.8) is 0 Å². The fourth-order valence-electron chi connectivity index (χ4n) is 4.40. The first kappa shape index (κ1) is 29.1. The van der Waals surface area contributed by atoms with Gasteiger partial charge in [-0.2, -0.15) is 0 Å². The molecule has 1 saturated carbocycles. The van der Waals surface area contributed by atoms with Gasteiger partial charge in [-0.15, -0.1) is 0 Å². The fourth-order valence-corrected chi connectivity index (χ4v) is 4.40. The standard InChI is InChI=1S/C32H38FN3O4/c1-20(2)39-27-17-23(18-28(19-27)40-26-13-14-26)32(38)36-30(16-22-7-5-4-6-8-22)29(34)15-21(3)31(37)35-25-11-9-24(33)10-12-25/h4-12,17-21,26,29-30H,13-16,34H2,1-3H3,(H,35,37)(H,36,38)/t21-,29+,30+/m1/s1. The van der Waals surface area contributed by atoms with Crippen molar-refractivity contribution >= 4 is 17.5 Å². The second-order valence-electron chi connectivity index (χ2n) is 10.7. The maximum atomic E-state index is 13.5. The molecule has 212 valence electrons. The van der Waals surface area contributed by atoms with Crippen LogP contribution in [-0.4, -0.2) is 36.1 Å². The van der Waals surface area contributed by atoms with E-state index in [1.54, 1.807) is 19.1 Å². The van der Waals surface area contributed by atoms with Crippen LogP contribution in [0.15, 0.2) is 72.8 Å². The molecule has 3 aromatic carbocycles. The summed E-state index contributed by atoms with van der Waals surface area (Å²) in [6.45, 7) is 5.64. The molecule has 3 aromatic rings. The van der Waals surface area contributed by atoms with E-state index in [2.05, 4.69) is 10.6 Å². The minimum absolute atomic E-state index is 0.0612. The number of ether oxygens (including phenoxy) is 2. The zero-order valence-corrected chi connectivity index (χ0v) is 23.2. The normalized spacial score (nSPS) is 15.2. The summed E-state index contributed by atoms with van der Waals surface area (Å²) in [6, 6.07) is 19.7. The number of amides is 2. The van der Waals surface area contributed by atoms with E-state index in [4.69, 9.17) is 15.2 Å². The van der Waals surface area contributed by atoms with Gasteiger partial charge in [0.15, 0.2) is 0 Å². The van der Waals surface area contributed by atoms with Crippen molar-refractivity contribution in [2.45, 2.75) is 70.7 Å². The molecule has 3 atom stereocenters. The van der Waals surface area contributed by atoms with Crippen LogP contribution in [0.25, 0.3) is 0 Å². The molecule has 0 aromatic heterocycles. The Balaban J connectivity index is 1.49. The predicted molar refractivity (Wildman–Crippen MR) is 154 cm³/mol. The van der Waals surface area contributed by atoms with Gasteiger partial charge in [-0.25, -0.2) is 4.39 Å². The molecule has 4 rings (SSSR count). The van der Waals surface area contributed by atoms with Crippen LogP contribution in [0.1, 0.15) is 56.0 Å². The van der Waals surface area contributed by atoms with Crippen LogP contribution in [0.2, 0.25) is 0 Å². The van der Waals surface area contributed by atoms with Gasteiger partial charge in [0.25, 0.3) is 5.91 Å². The number of nitrogens with two attached hydrogens (primary N) is 1. The molecule has 1 aliphatic carbocycles. The topological polar surface area (TPSA) is 103 Å². The van der Waals surface area contributed by atoms with Crippen molar-refractivity contribution in [2.75, 3.05) is 5.32 Å². The highest BCUT2D eigenvalue weighted by molar-refractivity contribution is 5.95. The molecule has 0 spiro atoms. The lowest BCUT2D eigenvalue weighted by Gasteiger charge is -2.27. The lowest BCUT2D eigenvalue weighted by molar-refractivity contribution is -0.119. The zero-order valence-electron chi connectivity index (χ0n) is 23.2. The third-order valence-corrected chi connectivity index (χ3v) is 6.66. The van der Waals surface area contributed by atoms with Crippen molar-refractivity contribution < 1.29 is 23.5 Å². The molecule has 0 radical (unpaired) electrons. The number of hydrogen-bond acceptors (Lipinski definition) is 5. The minimum Gasteiger partial charge on any atom is -0.491 e. The van der Waals surface area contributed by atoms with E-state index in [9.17, 15) is 14.0 Å². The zero-order chi connectivity index (χ0) is 28.6. The summed E-state index contributed by atoms with van der Waals surface area (Å²) in [6.07, 6.45) is 2.93. The molecule has 0 saturated heterocycles. The number of benzene rings is 3. The first-order valence-electron chi connectivity index (χ1n) is 13.8. The summed E-state index contributed by atoms with van der Waals surface area (Å²) in [5, 5.41) is 5.91. The Hall–Kier alpha value is -3.91. The second-order valence-corrected chi connectivity index (χ2v) is 10.7. The van der Waals surface area contributed by atoms with E-state index >= 15 is 0 Å². The van der Waals surface area contributed by atoms with Gasteiger partial charge in [-0.1, -0.05) is 37.3 Å². The Bertz CT molecular complexity index is 1260. The van der Waals surface area contributed by atoms with Gasteiger partial charge < -0.3 is 25.8 Å². The molecule has 40 heavy (non-hydrogen) atoms. The van der Waals surface area contributed by atoms with E-state index in [1.165, 1.54) is 24.3 Å². The summed E-state index contributed by atoms with van der Waals surface area (Å²) in [7, 11) is 0. The van der Waals surface area contributed by atoms with Crippen LogP contribution in [0.3, 0.4) is 0 Å². The second kappa shape index (κ2) is 13.4. The van der Waals surface area contributed by atoms with Gasteiger partial charge in [0.1, 0.15) is 17.3 Å². The lowest BCUT2D eigenvalue weighted by atomic mass is 9.92. The third-order valence-electron chi connectivity index (χ3n) is 6.66. The Morgan fingerprint density at radius 3 is 2.30 bits per heavy atom. The van der Waals surface area contributed by atoms with Crippen LogP contribution < -0.4 is 25.8 Å². The van der Waals surface area contributed by atoms with Gasteiger partial charge in [0, 0.05) is 35.3 Å². The molecule has 8 heteroatoms. The third kappa shape index (κ3) is 8.81. The quantitative estimate of drug-likeness (QED) is 0.263. The van der Waals surface area contributed by atoms with Crippen LogP contribution in [0.5, 0.6) is 11.5 Å². The van der Waals surface area contributed by atoms with Gasteiger partial charge in [0.2, 0.25) is 5.91 Å². The Kier molecular flexibility index (Phi) is 9.77. The number of hydrogen-bond donors (Lipinski definition) is 3. The summed E-state index contributed by atoms with van der Waals surface area (Å²) >= 11 is 0. The molecule has 1 aliphatic rings. The van der Waals surface area contributed by atoms with Crippen LogP contribution in [-0.2, 0) is 11.2 Å². The van der Waals surface area contributed by atoms with Gasteiger partial charge in [0.05, 0.1) is 12.2 Å². The fraction of sp³-hybridized carbons (Fsp3) is 0.375. The number of halogens is 1. The molecule has 1 fully saturated rings. The minimum atomic E-state index is -0.518. The summed E-state index contributed by atoms with van der Waals surface area (Å²) in [4.78, 5) is 26.4. The molecule has 0 bridgehead atoms. The largest absolute Gasteiger partial charge is 0.491 e. The molecule has 0 heterocycles. The van der Waals surface area contributed by atoms with E-state index in [1.807, 2.05) is 50.2 Å².